The summed E-state index contributed by atoms with van der Waals surface area (Å²) in [5.74, 6) is 0. The minimum atomic E-state index is -0.465. The van der Waals surface area contributed by atoms with E-state index in [4.69, 9.17) is 44.5 Å². The highest BCUT2D eigenvalue weighted by Gasteiger charge is 2.15. The number of hydrogen-bond acceptors (Lipinski definition) is 4. The highest BCUT2D eigenvalue weighted by Crippen LogP contribution is 2.35. The third kappa shape index (κ3) is 5.59. The predicted octanol–water partition coefficient (Wildman–Crippen LogP) is 7.34. The lowest BCUT2D eigenvalue weighted by atomic mass is 9.98. The molecule has 1 saturated heterocycles. The number of benzene rings is 3. The first-order valence-electron chi connectivity index (χ1n) is 11.5. The summed E-state index contributed by atoms with van der Waals surface area (Å²) in [6.45, 7) is 4.19. The zero-order valence-electron chi connectivity index (χ0n) is 19.2. The van der Waals surface area contributed by atoms with Crippen LogP contribution in [0.4, 0.5) is 16.2 Å². The van der Waals surface area contributed by atoms with Crippen molar-refractivity contribution in [1.82, 2.24) is 9.88 Å². The Morgan fingerprint density at radius 2 is 1.64 bits per heavy atom. The van der Waals surface area contributed by atoms with E-state index in [1.54, 1.807) is 0 Å². The summed E-state index contributed by atoms with van der Waals surface area (Å²) in [6.07, 6.45) is 1.90. The number of pyridine rings is 1. The Kier molecular flexibility index (Phi) is 7.60. The van der Waals surface area contributed by atoms with Gasteiger partial charge in [-0.15, -0.1) is 0 Å². The van der Waals surface area contributed by atoms with Gasteiger partial charge in [0, 0.05) is 41.8 Å². The molecule has 9 heteroatoms. The van der Waals surface area contributed by atoms with E-state index in [2.05, 4.69) is 27.7 Å². The number of fused-ring (bicyclic) bond motifs is 1. The van der Waals surface area contributed by atoms with Crippen molar-refractivity contribution < 1.29 is 9.53 Å². The number of aromatic nitrogens is 1. The molecule has 0 radical (unpaired) electrons. The molecule has 2 heterocycles. The van der Waals surface area contributed by atoms with E-state index in [0.29, 0.717) is 16.4 Å². The quantitative estimate of drug-likeness (QED) is 0.277. The molecule has 1 aliphatic rings. The number of urea groups is 1. The molecule has 0 bridgehead atoms. The van der Waals surface area contributed by atoms with Gasteiger partial charge in [-0.1, -0.05) is 71.2 Å². The molecule has 0 unspecified atom stereocenters. The maximum absolute atomic E-state index is 12.8. The van der Waals surface area contributed by atoms with Crippen molar-refractivity contribution >= 4 is 63.0 Å². The van der Waals surface area contributed by atoms with Crippen molar-refractivity contribution in [3.05, 3.63) is 87.6 Å². The number of halogens is 3. The molecular formula is C27H23Cl3N4O2. The Morgan fingerprint density at radius 1 is 0.917 bits per heavy atom. The van der Waals surface area contributed by atoms with Crippen LogP contribution >= 0.6 is 34.8 Å². The van der Waals surface area contributed by atoms with Crippen LogP contribution in [0.1, 0.15) is 5.69 Å². The number of anilines is 2. The Bertz CT molecular complexity index is 1380. The molecular weight excluding hydrogens is 519 g/mol. The van der Waals surface area contributed by atoms with Crippen LogP contribution in [0.25, 0.3) is 21.9 Å². The zero-order valence-corrected chi connectivity index (χ0v) is 21.5. The monoisotopic (exact) mass is 540 g/mol. The number of nitrogens with one attached hydrogen (secondary N) is 2. The molecule has 0 spiro atoms. The number of morpholine rings is 1. The highest BCUT2D eigenvalue weighted by atomic mass is 35.5. The molecule has 0 aliphatic carbocycles. The van der Waals surface area contributed by atoms with Gasteiger partial charge in [0.15, 0.2) is 0 Å². The molecule has 0 atom stereocenters. The van der Waals surface area contributed by atoms with Crippen LogP contribution in [-0.4, -0.2) is 42.2 Å². The molecule has 36 heavy (non-hydrogen) atoms. The van der Waals surface area contributed by atoms with Crippen LogP contribution in [0.15, 0.2) is 66.9 Å². The van der Waals surface area contributed by atoms with Gasteiger partial charge < -0.3 is 15.4 Å². The lowest BCUT2D eigenvalue weighted by Gasteiger charge is -2.26. The largest absolute Gasteiger partial charge is 0.379 e. The summed E-state index contributed by atoms with van der Waals surface area (Å²) in [4.78, 5) is 19.8. The van der Waals surface area contributed by atoms with E-state index in [1.165, 1.54) is 12.1 Å². The van der Waals surface area contributed by atoms with E-state index in [-0.39, 0.29) is 10.0 Å². The van der Waals surface area contributed by atoms with Gasteiger partial charge in [0.05, 0.1) is 40.3 Å². The third-order valence-electron chi connectivity index (χ3n) is 6.04. The summed E-state index contributed by atoms with van der Waals surface area (Å²) in [5, 5.41) is 8.42. The van der Waals surface area contributed by atoms with Crippen molar-refractivity contribution in [1.29, 1.82) is 0 Å². The van der Waals surface area contributed by atoms with Gasteiger partial charge in [0.1, 0.15) is 0 Å². The van der Waals surface area contributed by atoms with Crippen LogP contribution in [0.3, 0.4) is 0 Å². The lowest BCUT2D eigenvalue weighted by molar-refractivity contribution is 0.0336. The Morgan fingerprint density at radius 3 is 2.33 bits per heavy atom. The third-order valence-corrected chi connectivity index (χ3v) is 6.86. The summed E-state index contributed by atoms with van der Waals surface area (Å²) >= 11 is 18.4. The Hall–Kier alpha value is -2.87. The molecule has 1 aromatic heterocycles. The van der Waals surface area contributed by atoms with Gasteiger partial charge in [-0.3, -0.25) is 9.88 Å². The standard InChI is InChI=1S/C27H23Cl3N4O2/c28-18-13-23(29)26(24(30)14-18)33-27(35)32-25-8-7-20(21-3-1-2-4-22(21)25)17-5-6-19(31-15-17)16-34-9-11-36-12-10-34/h1-8,13-15H,9-12,16H2,(H2,32,33,35). The van der Waals surface area contributed by atoms with Crippen molar-refractivity contribution in [2.75, 3.05) is 36.9 Å². The maximum Gasteiger partial charge on any atom is 0.323 e. The first-order valence-corrected chi connectivity index (χ1v) is 12.6. The molecule has 1 aliphatic heterocycles. The topological polar surface area (TPSA) is 66.5 Å². The average molecular weight is 542 g/mol. The number of rotatable bonds is 5. The van der Waals surface area contributed by atoms with E-state index < -0.39 is 6.03 Å². The molecule has 2 amide bonds. The van der Waals surface area contributed by atoms with Crippen LogP contribution in [-0.2, 0) is 11.3 Å². The number of hydrogen-bond donors (Lipinski definition) is 2. The minimum absolute atomic E-state index is 0.257. The fourth-order valence-corrected chi connectivity index (χ4v) is 5.17. The van der Waals surface area contributed by atoms with Crippen molar-refractivity contribution in [2.45, 2.75) is 6.54 Å². The first-order chi connectivity index (χ1) is 17.5. The van der Waals surface area contributed by atoms with Gasteiger partial charge in [-0.25, -0.2) is 4.79 Å². The van der Waals surface area contributed by atoms with Crippen LogP contribution in [0, 0.1) is 0 Å². The average Bonchev–Trinajstić information content (AvgIpc) is 2.88. The van der Waals surface area contributed by atoms with Gasteiger partial charge in [0.2, 0.25) is 0 Å². The lowest BCUT2D eigenvalue weighted by Crippen LogP contribution is -2.35. The van der Waals surface area contributed by atoms with E-state index >= 15 is 0 Å². The van der Waals surface area contributed by atoms with E-state index in [9.17, 15) is 4.79 Å². The van der Waals surface area contributed by atoms with E-state index in [0.717, 1.165) is 60.4 Å². The maximum atomic E-state index is 12.8. The normalized spacial score (nSPS) is 14.1. The van der Waals surface area contributed by atoms with Crippen molar-refractivity contribution in [3.8, 4) is 11.1 Å². The van der Waals surface area contributed by atoms with Crippen LogP contribution in [0.2, 0.25) is 15.1 Å². The van der Waals surface area contributed by atoms with Gasteiger partial charge >= 0.3 is 6.03 Å². The first kappa shape index (κ1) is 24.8. The molecule has 6 nitrogen and oxygen atoms in total. The van der Waals surface area contributed by atoms with E-state index in [1.807, 2.05) is 42.6 Å². The zero-order chi connectivity index (χ0) is 25.1. The summed E-state index contributed by atoms with van der Waals surface area (Å²) in [7, 11) is 0. The molecule has 5 rings (SSSR count). The highest BCUT2D eigenvalue weighted by molar-refractivity contribution is 6.42. The van der Waals surface area contributed by atoms with Crippen LogP contribution < -0.4 is 10.6 Å². The second-order valence-corrected chi connectivity index (χ2v) is 9.71. The number of carbonyl (C=O) groups excluding carboxylic acids is 1. The van der Waals surface area contributed by atoms with Crippen LogP contribution in [0.5, 0.6) is 0 Å². The molecule has 0 saturated carbocycles. The molecule has 184 valence electrons. The Labute approximate surface area is 224 Å². The molecule has 1 fully saturated rings. The SMILES string of the molecule is O=C(Nc1c(Cl)cc(Cl)cc1Cl)Nc1ccc(-c2ccc(CN3CCOCC3)nc2)c2ccccc12. The number of nitrogens with zero attached hydrogens (tertiary/aromatic N) is 2. The molecule has 2 N–H and O–H groups in total. The fourth-order valence-electron chi connectivity index (χ4n) is 4.25. The minimum Gasteiger partial charge on any atom is -0.379 e. The summed E-state index contributed by atoms with van der Waals surface area (Å²) in [5.41, 5.74) is 4.02. The van der Waals surface area contributed by atoms with Gasteiger partial charge in [0.25, 0.3) is 0 Å². The fraction of sp³-hybridized carbons (Fsp3) is 0.185. The summed E-state index contributed by atoms with van der Waals surface area (Å²) < 4.78 is 5.42. The number of carbonyl (C=O) groups is 1. The number of ether oxygens (including phenoxy) is 1. The smallest absolute Gasteiger partial charge is 0.323 e. The second-order valence-electron chi connectivity index (χ2n) is 8.46. The molecule has 3 aromatic carbocycles. The van der Waals surface area contributed by atoms with Gasteiger partial charge in [-0.05, 0) is 35.2 Å². The van der Waals surface area contributed by atoms with Crippen molar-refractivity contribution in [3.63, 3.8) is 0 Å². The summed E-state index contributed by atoms with van der Waals surface area (Å²) in [6, 6.07) is 18.5. The van der Waals surface area contributed by atoms with Crippen molar-refractivity contribution in [2.24, 2.45) is 0 Å². The second kappa shape index (κ2) is 11.0. The van der Waals surface area contributed by atoms with Gasteiger partial charge in [-0.2, -0.15) is 0 Å². The predicted molar refractivity (Wildman–Crippen MR) is 147 cm³/mol. The Balaban J connectivity index is 1.37. The molecule has 4 aromatic rings. The number of amides is 2.